The van der Waals surface area contributed by atoms with Crippen molar-refractivity contribution in [3.8, 4) is 18.0 Å². The number of aromatic nitrogens is 3. The molecule has 18 heavy (non-hydrogen) atoms. The number of nitriles is 2. The predicted molar refractivity (Wildman–Crippen MR) is 57.4 cm³/mol. The number of halogens is 1. The summed E-state index contributed by atoms with van der Waals surface area (Å²) >= 11 is 0. The van der Waals surface area contributed by atoms with Gasteiger partial charge in [0.1, 0.15) is 12.1 Å². The van der Waals surface area contributed by atoms with Crippen molar-refractivity contribution in [2.75, 3.05) is 5.73 Å². The van der Waals surface area contributed by atoms with Gasteiger partial charge in [0.25, 0.3) is 5.82 Å². The summed E-state index contributed by atoms with van der Waals surface area (Å²) in [7, 11) is 0. The van der Waals surface area contributed by atoms with E-state index in [1.807, 2.05) is 12.1 Å². The quantitative estimate of drug-likeness (QED) is 0.552. The van der Waals surface area contributed by atoms with Gasteiger partial charge in [0.2, 0.25) is 11.4 Å². The lowest BCUT2D eigenvalue weighted by molar-refractivity contribution is -0.600. The van der Waals surface area contributed by atoms with Crippen molar-refractivity contribution >= 4 is 5.82 Å². The Hall–Kier alpha value is -2.70. The summed E-state index contributed by atoms with van der Waals surface area (Å²) < 4.78 is 1.61. The van der Waals surface area contributed by atoms with Crippen LogP contribution in [-0.4, -0.2) is 9.97 Å². The molecule has 0 unspecified atom stereocenters. The maximum absolute atomic E-state index is 8.97. The minimum absolute atomic E-state index is 0. The maximum Gasteiger partial charge on any atom is 0.367 e. The first-order valence-electron chi connectivity index (χ1n) is 4.70. The monoisotopic (exact) mass is 258 g/mol. The summed E-state index contributed by atoms with van der Waals surface area (Å²) in [6.45, 7) is 0. The Morgan fingerprint density at radius 2 is 1.61 bits per heavy atom. The smallest absolute Gasteiger partial charge is 0.367 e. The van der Waals surface area contributed by atoms with E-state index in [1.165, 1.54) is 0 Å². The van der Waals surface area contributed by atoms with Crippen molar-refractivity contribution in [1.29, 1.82) is 10.5 Å². The maximum atomic E-state index is 8.97. The molecule has 2 aromatic heterocycles. The summed E-state index contributed by atoms with van der Waals surface area (Å²) in [4.78, 5) is 7.87. The molecule has 0 aliphatic heterocycles. The van der Waals surface area contributed by atoms with E-state index in [0.717, 1.165) is 0 Å². The van der Waals surface area contributed by atoms with Gasteiger partial charge in [-0.1, -0.05) is 6.07 Å². The Kier molecular flexibility index (Phi) is 4.14. The van der Waals surface area contributed by atoms with E-state index in [-0.39, 0.29) is 29.6 Å². The fourth-order valence-electron chi connectivity index (χ4n) is 1.32. The van der Waals surface area contributed by atoms with E-state index in [1.54, 1.807) is 35.2 Å². The van der Waals surface area contributed by atoms with Crippen LogP contribution in [0.1, 0.15) is 11.4 Å². The van der Waals surface area contributed by atoms with Gasteiger partial charge in [0.15, 0.2) is 0 Å². The van der Waals surface area contributed by atoms with Crippen LogP contribution < -0.4 is 22.7 Å². The molecule has 0 bridgehead atoms. The van der Waals surface area contributed by atoms with E-state index < -0.39 is 0 Å². The molecule has 2 aromatic rings. The van der Waals surface area contributed by atoms with Crippen LogP contribution in [0, 0.1) is 22.7 Å². The van der Waals surface area contributed by atoms with Crippen molar-refractivity contribution in [2.24, 2.45) is 0 Å². The highest BCUT2D eigenvalue weighted by Gasteiger charge is 2.21. The summed E-state index contributed by atoms with van der Waals surface area (Å²) in [5.41, 5.74) is 5.60. The molecule has 0 spiro atoms. The SMILES string of the molecule is N#Cc1nc(C#N)c(-[n+]2ccccc2)nc1N.[Cl-]. The Morgan fingerprint density at radius 1 is 1.00 bits per heavy atom. The molecule has 2 heterocycles. The Labute approximate surface area is 109 Å². The number of rotatable bonds is 1. The van der Waals surface area contributed by atoms with Crippen LogP contribution in [0.4, 0.5) is 5.82 Å². The third-order valence-corrected chi connectivity index (χ3v) is 2.08. The molecular formula is C11H7ClN6. The molecular weight excluding hydrogens is 252 g/mol. The molecule has 0 saturated heterocycles. The van der Waals surface area contributed by atoms with Gasteiger partial charge in [0.05, 0.1) is 12.4 Å². The van der Waals surface area contributed by atoms with Gasteiger partial charge in [-0.3, -0.25) is 0 Å². The molecule has 0 fully saturated rings. The molecule has 0 atom stereocenters. The topological polar surface area (TPSA) is 103 Å². The number of hydrogen-bond donors (Lipinski definition) is 1. The second kappa shape index (κ2) is 5.58. The zero-order valence-corrected chi connectivity index (χ0v) is 9.83. The first-order valence-corrected chi connectivity index (χ1v) is 4.70. The van der Waals surface area contributed by atoms with Gasteiger partial charge in [0, 0.05) is 0 Å². The van der Waals surface area contributed by atoms with Crippen molar-refractivity contribution in [3.63, 3.8) is 0 Å². The zero-order valence-electron chi connectivity index (χ0n) is 9.08. The zero-order chi connectivity index (χ0) is 12.3. The second-order valence-electron chi connectivity index (χ2n) is 3.14. The van der Waals surface area contributed by atoms with E-state index in [9.17, 15) is 0 Å². The Bertz CT molecular complexity index is 641. The normalized spacial score (nSPS) is 8.78. The minimum atomic E-state index is -0.0400. The number of anilines is 1. The van der Waals surface area contributed by atoms with E-state index in [4.69, 9.17) is 16.3 Å². The van der Waals surface area contributed by atoms with Crippen LogP contribution in [0.15, 0.2) is 30.6 Å². The van der Waals surface area contributed by atoms with Crippen LogP contribution in [0.25, 0.3) is 5.82 Å². The third-order valence-electron chi connectivity index (χ3n) is 2.08. The minimum Gasteiger partial charge on any atom is -1.00 e. The van der Waals surface area contributed by atoms with Crippen molar-refractivity contribution in [3.05, 3.63) is 42.0 Å². The largest absolute Gasteiger partial charge is 1.00 e. The lowest BCUT2D eigenvalue weighted by atomic mass is 10.3. The molecule has 0 aromatic carbocycles. The third kappa shape index (κ3) is 2.34. The molecule has 0 aliphatic carbocycles. The molecule has 2 rings (SSSR count). The molecule has 0 saturated carbocycles. The van der Waals surface area contributed by atoms with Gasteiger partial charge in [-0.15, -0.1) is 0 Å². The van der Waals surface area contributed by atoms with Crippen LogP contribution in [-0.2, 0) is 0 Å². The van der Waals surface area contributed by atoms with Gasteiger partial charge >= 0.3 is 5.82 Å². The summed E-state index contributed by atoms with van der Waals surface area (Å²) in [5.74, 6) is 0.322. The first kappa shape index (κ1) is 13.4. The summed E-state index contributed by atoms with van der Waals surface area (Å²) in [5, 5.41) is 17.7. The predicted octanol–water partition coefficient (Wildman–Crippen LogP) is -2.92. The summed E-state index contributed by atoms with van der Waals surface area (Å²) in [6, 6.07) is 9.10. The number of hydrogen-bond acceptors (Lipinski definition) is 5. The van der Waals surface area contributed by atoms with Gasteiger partial charge < -0.3 is 18.1 Å². The summed E-state index contributed by atoms with van der Waals surface area (Å²) in [6.07, 6.45) is 3.44. The molecule has 0 radical (unpaired) electrons. The highest BCUT2D eigenvalue weighted by Crippen LogP contribution is 2.09. The Balaban J connectivity index is 0.00000162. The highest BCUT2D eigenvalue weighted by molar-refractivity contribution is 5.48. The fourth-order valence-corrected chi connectivity index (χ4v) is 1.32. The van der Waals surface area contributed by atoms with Crippen LogP contribution in [0.5, 0.6) is 0 Å². The first-order chi connectivity index (χ1) is 8.26. The van der Waals surface area contributed by atoms with Crippen molar-refractivity contribution < 1.29 is 17.0 Å². The molecule has 88 valence electrons. The molecule has 2 N–H and O–H groups in total. The van der Waals surface area contributed by atoms with Crippen LogP contribution >= 0.6 is 0 Å². The number of nitrogens with zero attached hydrogens (tertiary/aromatic N) is 5. The van der Waals surface area contributed by atoms with E-state index in [2.05, 4.69) is 9.97 Å². The standard InChI is InChI=1S/C11H7N6.ClH/c12-6-8-10(14)16-11(9(7-13)15-8)17-4-2-1-3-5-17;/h1-5H,(H2,14,16);1H/q+1;/p-1. The Morgan fingerprint density at radius 3 is 2.17 bits per heavy atom. The van der Waals surface area contributed by atoms with Crippen LogP contribution in [0.2, 0.25) is 0 Å². The van der Waals surface area contributed by atoms with E-state index in [0.29, 0.717) is 5.82 Å². The van der Waals surface area contributed by atoms with Crippen molar-refractivity contribution in [2.45, 2.75) is 0 Å². The van der Waals surface area contributed by atoms with Gasteiger partial charge in [-0.05, 0) is 17.1 Å². The number of nitrogens with two attached hydrogens (primary N) is 1. The number of pyridine rings is 1. The average Bonchev–Trinajstić information content (AvgIpc) is 2.39. The van der Waals surface area contributed by atoms with Crippen LogP contribution in [0.3, 0.4) is 0 Å². The highest BCUT2D eigenvalue weighted by atomic mass is 35.5. The molecule has 0 aliphatic rings. The average molecular weight is 259 g/mol. The second-order valence-corrected chi connectivity index (χ2v) is 3.14. The van der Waals surface area contributed by atoms with Gasteiger partial charge in [-0.25, -0.2) is 9.55 Å². The number of nitrogen functional groups attached to an aromatic ring is 1. The molecule has 0 amide bonds. The van der Waals surface area contributed by atoms with Crippen molar-refractivity contribution in [1.82, 2.24) is 9.97 Å². The fraction of sp³-hybridized carbons (Fsp3) is 0. The lowest BCUT2D eigenvalue weighted by Gasteiger charge is -1.97. The lowest BCUT2D eigenvalue weighted by Crippen LogP contribution is -3.00. The van der Waals surface area contributed by atoms with E-state index >= 15 is 0 Å². The van der Waals surface area contributed by atoms with Gasteiger partial charge in [-0.2, -0.15) is 10.5 Å². The molecule has 7 heteroatoms. The molecule has 6 nitrogen and oxygen atoms in total.